The Kier molecular flexibility index (Phi) is 4.56. The van der Waals surface area contributed by atoms with Gasteiger partial charge in [-0.25, -0.2) is 4.79 Å². The van der Waals surface area contributed by atoms with Gasteiger partial charge in [0.05, 0.1) is 0 Å². The maximum Gasteiger partial charge on any atom is 0.355 e. The summed E-state index contributed by atoms with van der Waals surface area (Å²) in [5, 5.41) is 2.75. The summed E-state index contributed by atoms with van der Waals surface area (Å²) < 4.78 is 5.81. The van der Waals surface area contributed by atoms with Crippen LogP contribution in [0.15, 0.2) is 16.7 Å². The SMILES string of the molecule is C[C@H](OC(=O)c1cc(Br)c[nH]1)C(=O)NC(C)(C)C. The highest BCUT2D eigenvalue weighted by atomic mass is 79.9. The Morgan fingerprint density at radius 3 is 2.50 bits per heavy atom. The Hall–Kier alpha value is -1.30. The van der Waals surface area contributed by atoms with Crippen LogP contribution < -0.4 is 5.32 Å². The first-order valence-electron chi connectivity index (χ1n) is 5.56. The number of carbonyl (C=O) groups excluding carboxylic acids is 2. The molecule has 0 aliphatic rings. The van der Waals surface area contributed by atoms with Gasteiger partial charge in [0.25, 0.3) is 5.91 Å². The van der Waals surface area contributed by atoms with Crippen LogP contribution in [-0.4, -0.2) is 28.5 Å². The van der Waals surface area contributed by atoms with Gasteiger partial charge in [-0.1, -0.05) is 0 Å². The van der Waals surface area contributed by atoms with E-state index in [4.69, 9.17) is 4.74 Å². The van der Waals surface area contributed by atoms with E-state index in [1.807, 2.05) is 20.8 Å². The molecule has 0 spiro atoms. The summed E-state index contributed by atoms with van der Waals surface area (Å²) in [5.41, 5.74) is -0.0509. The number of ether oxygens (including phenoxy) is 1. The molecule has 5 nitrogen and oxygen atoms in total. The van der Waals surface area contributed by atoms with Crippen molar-refractivity contribution in [3.63, 3.8) is 0 Å². The molecule has 0 unspecified atom stereocenters. The topological polar surface area (TPSA) is 71.2 Å². The molecule has 0 aliphatic carbocycles. The van der Waals surface area contributed by atoms with E-state index in [0.29, 0.717) is 5.69 Å². The fraction of sp³-hybridized carbons (Fsp3) is 0.500. The number of H-pyrrole nitrogens is 1. The summed E-state index contributed by atoms with van der Waals surface area (Å²) in [4.78, 5) is 26.2. The molecule has 0 saturated carbocycles. The molecule has 1 rings (SSSR count). The summed E-state index contributed by atoms with van der Waals surface area (Å²) in [7, 11) is 0. The summed E-state index contributed by atoms with van der Waals surface area (Å²) in [6.07, 6.45) is 0.787. The Bertz CT molecular complexity index is 448. The second-order valence-corrected chi connectivity index (χ2v) is 5.93. The lowest BCUT2D eigenvalue weighted by Crippen LogP contribution is -2.46. The highest BCUT2D eigenvalue weighted by Gasteiger charge is 2.23. The summed E-state index contributed by atoms with van der Waals surface area (Å²) in [5.74, 6) is -0.876. The van der Waals surface area contributed by atoms with Crippen molar-refractivity contribution in [3.05, 3.63) is 22.4 Å². The van der Waals surface area contributed by atoms with Crippen molar-refractivity contribution >= 4 is 27.8 Å². The highest BCUT2D eigenvalue weighted by Crippen LogP contribution is 2.12. The van der Waals surface area contributed by atoms with E-state index in [-0.39, 0.29) is 11.4 Å². The van der Waals surface area contributed by atoms with Crippen molar-refractivity contribution in [1.29, 1.82) is 0 Å². The quantitative estimate of drug-likeness (QED) is 0.840. The van der Waals surface area contributed by atoms with E-state index in [0.717, 1.165) is 4.47 Å². The Balaban J connectivity index is 2.57. The highest BCUT2D eigenvalue weighted by molar-refractivity contribution is 9.10. The van der Waals surface area contributed by atoms with Gasteiger partial charge in [0.1, 0.15) is 5.69 Å². The van der Waals surface area contributed by atoms with Gasteiger partial charge in [-0.05, 0) is 49.7 Å². The van der Waals surface area contributed by atoms with Crippen molar-refractivity contribution in [3.8, 4) is 0 Å². The first-order valence-corrected chi connectivity index (χ1v) is 6.35. The van der Waals surface area contributed by atoms with E-state index in [1.165, 1.54) is 6.92 Å². The van der Waals surface area contributed by atoms with E-state index < -0.39 is 12.1 Å². The van der Waals surface area contributed by atoms with Crippen molar-refractivity contribution in [1.82, 2.24) is 10.3 Å². The first kappa shape index (κ1) is 14.8. The monoisotopic (exact) mass is 316 g/mol. The van der Waals surface area contributed by atoms with E-state index in [2.05, 4.69) is 26.2 Å². The van der Waals surface area contributed by atoms with Gasteiger partial charge in [-0.2, -0.15) is 0 Å². The molecule has 1 aromatic rings. The molecule has 100 valence electrons. The first-order chi connectivity index (χ1) is 8.19. The van der Waals surface area contributed by atoms with E-state index >= 15 is 0 Å². The summed E-state index contributed by atoms with van der Waals surface area (Å²) >= 11 is 3.22. The third kappa shape index (κ3) is 4.52. The molecule has 1 amide bonds. The number of hydrogen-bond acceptors (Lipinski definition) is 3. The normalized spacial score (nSPS) is 12.9. The molecule has 0 saturated heterocycles. The molecule has 2 N–H and O–H groups in total. The van der Waals surface area contributed by atoms with Crippen molar-refractivity contribution < 1.29 is 14.3 Å². The minimum atomic E-state index is -0.834. The largest absolute Gasteiger partial charge is 0.448 e. The molecule has 6 heteroatoms. The smallest absolute Gasteiger partial charge is 0.355 e. The van der Waals surface area contributed by atoms with Crippen LogP contribution in [0.2, 0.25) is 0 Å². The van der Waals surface area contributed by atoms with Gasteiger partial charge in [0, 0.05) is 16.2 Å². The van der Waals surface area contributed by atoms with Gasteiger partial charge in [0.15, 0.2) is 6.10 Å². The van der Waals surface area contributed by atoms with Crippen LogP contribution in [0.3, 0.4) is 0 Å². The van der Waals surface area contributed by atoms with Crippen LogP contribution in [0.25, 0.3) is 0 Å². The maximum atomic E-state index is 11.7. The maximum absolute atomic E-state index is 11.7. The van der Waals surface area contributed by atoms with Gasteiger partial charge in [-0.3, -0.25) is 4.79 Å². The standard InChI is InChI=1S/C12H17BrN2O3/c1-7(10(16)15-12(2,3)4)18-11(17)9-5-8(13)6-14-9/h5-7,14H,1-4H3,(H,15,16)/t7-/m0/s1. The number of nitrogens with one attached hydrogen (secondary N) is 2. The zero-order valence-corrected chi connectivity index (χ0v) is 12.4. The summed E-state index contributed by atoms with van der Waals surface area (Å²) in [6, 6.07) is 1.59. The van der Waals surface area contributed by atoms with E-state index in [9.17, 15) is 9.59 Å². The molecular formula is C12H17BrN2O3. The molecule has 0 bridgehead atoms. The average Bonchev–Trinajstić information content (AvgIpc) is 2.62. The third-order valence-corrected chi connectivity index (χ3v) is 2.48. The predicted octanol–water partition coefficient (Wildman–Crippen LogP) is 2.24. The van der Waals surface area contributed by atoms with Crippen LogP contribution in [0.1, 0.15) is 38.2 Å². The average molecular weight is 317 g/mol. The molecule has 1 atom stereocenters. The number of carbonyl (C=O) groups is 2. The zero-order chi connectivity index (χ0) is 13.9. The molecule has 18 heavy (non-hydrogen) atoms. The fourth-order valence-corrected chi connectivity index (χ4v) is 1.58. The fourth-order valence-electron chi connectivity index (χ4n) is 1.23. The zero-order valence-electron chi connectivity index (χ0n) is 10.8. The number of rotatable bonds is 3. The van der Waals surface area contributed by atoms with Gasteiger partial charge >= 0.3 is 5.97 Å². The summed E-state index contributed by atoms with van der Waals surface area (Å²) in [6.45, 7) is 7.13. The minimum absolute atomic E-state index is 0.303. The van der Waals surface area contributed by atoms with Crippen LogP contribution in [-0.2, 0) is 9.53 Å². The van der Waals surface area contributed by atoms with Crippen LogP contribution in [0.4, 0.5) is 0 Å². The van der Waals surface area contributed by atoms with E-state index in [1.54, 1.807) is 12.3 Å². The van der Waals surface area contributed by atoms with Gasteiger partial charge < -0.3 is 15.0 Å². The lowest BCUT2D eigenvalue weighted by Gasteiger charge is -2.23. The Labute approximate surface area is 114 Å². The van der Waals surface area contributed by atoms with Crippen LogP contribution >= 0.6 is 15.9 Å². The molecule has 0 fully saturated rings. The number of amides is 1. The third-order valence-electron chi connectivity index (χ3n) is 2.02. The van der Waals surface area contributed by atoms with Crippen molar-refractivity contribution in [2.75, 3.05) is 0 Å². The minimum Gasteiger partial charge on any atom is -0.448 e. The number of halogens is 1. The number of esters is 1. The molecular weight excluding hydrogens is 300 g/mol. The molecule has 1 heterocycles. The second-order valence-electron chi connectivity index (χ2n) is 5.02. The molecule has 0 aromatic carbocycles. The number of aromatic nitrogens is 1. The number of aromatic amines is 1. The lowest BCUT2D eigenvalue weighted by molar-refractivity contribution is -0.130. The Morgan fingerprint density at radius 2 is 2.06 bits per heavy atom. The number of hydrogen-bond donors (Lipinski definition) is 2. The lowest BCUT2D eigenvalue weighted by atomic mass is 10.1. The molecule has 0 radical (unpaired) electrons. The van der Waals surface area contributed by atoms with Crippen LogP contribution in [0, 0.1) is 0 Å². The van der Waals surface area contributed by atoms with Crippen molar-refractivity contribution in [2.24, 2.45) is 0 Å². The second kappa shape index (κ2) is 5.56. The van der Waals surface area contributed by atoms with Crippen molar-refractivity contribution in [2.45, 2.75) is 39.3 Å². The van der Waals surface area contributed by atoms with Crippen LogP contribution in [0.5, 0.6) is 0 Å². The predicted molar refractivity (Wildman–Crippen MR) is 71.3 cm³/mol. The van der Waals surface area contributed by atoms with Gasteiger partial charge in [0.2, 0.25) is 0 Å². The van der Waals surface area contributed by atoms with Gasteiger partial charge in [-0.15, -0.1) is 0 Å². The molecule has 0 aliphatic heterocycles. The molecule has 1 aromatic heterocycles. The Morgan fingerprint density at radius 1 is 1.44 bits per heavy atom.